The summed E-state index contributed by atoms with van der Waals surface area (Å²) in [7, 11) is 1.40. The minimum atomic E-state index is -0.183. The zero-order chi connectivity index (χ0) is 7.28. The van der Waals surface area contributed by atoms with Crippen LogP contribution in [-0.4, -0.2) is 17.9 Å². The first-order valence-electron chi connectivity index (χ1n) is 2.94. The van der Waals surface area contributed by atoms with E-state index in [1.165, 1.54) is 7.11 Å². The number of halogens is 1. The molecule has 0 aliphatic carbocycles. The third kappa shape index (κ3) is 3.51. The molecular weight excluding hydrogens is 184 g/mol. The molecule has 0 bridgehead atoms. The zero-order valence-corrected chi connectivity index (χ0v) is 7.27. The lowest BCUT2D eigenvalue weighted by molar-refractivity contribution is -0.139. The molecule has 0 spiro atoms. The number of esters is 1. The van der Waals surface area contributed by atoms with Gasteiger partial charge in [-0.3, -0.25) is 4.79 Å². The lowest BCUT2D eigenvalue weighted by Gasteiger charge is -2.03. The minimum Gasteiger partial charge on any atom is -0.468 e. The van der Waals surface area contributed by atoms with Gasteiger partial charge in [-0.05, 0) is 6.42 Å². The van der Waals surface area contributed by atoms with E-state index in [4.69, 9.17) is 0 Å². The summed E-state index contributed by atoms with van der Waals surface area (Å²) < 4.78 is 4.48. The molecule has 1 atom stereocenters. The van der Waals surface area contributed by atoms with Gasteiger partial charge in [0.05, 0.1) is 7.11 Å². The van der Waals surface area contributed by atoms with Crippen LogP contribution in [0.3, 0.4) is 0 Å². The summed E-state index contributed by atoms with van der Waals surface area (Å²) in [6.45, 7) is 2.02. The molecule has 0 amide bonds. The second kappa shape index (κ2) is 4.79. The van der Waals surface area contributed by atoms with Crippen LogP contribution in [0.2, 0.25) is 0 Å². The number of alkyl halides is 1. The van der Waals surface area contributed by atoms with Gasteiger partial charge in [0.1, 0.15) is 4.83 Å². The quantitative estimate of drug-likeness (QED) is 0.506. The van der Waals surface area contributed by atoms with Gasteiger partial charge in [-0.2, -0.15) is 0 Å². The van der Waals surface area contributed by atoms with Crippen molar-refractivity contribution in [3.8, 4) is 0 Å². The highest BCUT2D eigenvalue weighted by Crippen LogP contribution is 2.08. The Labute approximate surface area is 63.7 Å². The Hall–Kier alpha value is -0.0500. The van der Waals surface area contributed by atoms with Crippen LogP contribution < -0.4 is 0 Å². The Kier molecular flexibility index (Phi) is 4.77. The van der Waals surface area contributed by atoms with Crippen LogP contribution in [0, 0.1) is 0 Å². The van der Waals surface area contributed by atoms with Crippen LogP contribution in [0.15, 0.2) is 0 Å². The van der Waals surface area contributed by atoms with Crippen molar-refractivity contribution in [1.82, 2.24) is 0 Å². The number of hydrogen-bond acceptors (Lipinski definition) is 2. The Morgan fingerprint density at radius 2 is 2.33 bits per heavy atom. The molecule has 0 radical (unpaired) electrons. The lowest BCUT2D eigenvalue weighted by Crippen LogP contribution is -2.14. The fourth-order valence-corrected chi connectivity index (χ4v) is 1.14. The van der Waals surface area contributed by atoms with E-state index in [-0.39, 0.29) is 10.8 Å². The summed E-state index contributed by atoms with van der Waals surface area (Å²) in [5, 5.41) is 0. The molecule has 0 aromatic carbocycles. The molecule has 0 aliphatic rings. The predicted octanol–water partition coefficient (Wildman–Crippen LogP) is 1.72. The van der Waals surface area contributed by atoms with Crippen LogP contribution in [-0.2, 0) is 9.53 Å². The fraction of sp³-hybridized carbons (Fsp3) is 0.833. The van der Waals surface area contributed by atoms with Gasteiger partial charge in [-0.15, -0.1) is 0 Å². The highest BCUT2D eigenvalue weighted by Gasteiger charge is 2.12. The monoisotopic (exact) mass is 194 g/mol. The smallest absolute Gasteiger partial charge is 0.319 e. The van der Waals surface area contributed by atoms with Gasteiger partial charge in [0.25, 0.3) is 0 Å². The molecule has 0 saturated carbocycles. The van der Waals surface area contributed by atoms with Gasteiger partial charge in [0, 0.05) is 0 Å². The van der Waals surface area contributed by atoms with E-state index in [1.54, 1.807) is 0 Å². The third-order valence-electron chi connectivity index (χ3n) is 0.999. The number of carbonyl (C=O) groups is 1. The number of ether oxygens (including phenoxy) is 1. The highest BCUT2D eigenvalue weighted by molar-refractivity contribution is 9.10. The summed E-state index contributed by atoms with van der Waals surface area (Å²) in [4.78, 5) is 10.5. The molecule has 9 heavy (non-hydrogen) atoms. The molecular formula is C6H11BrO2. The van der Waals surface area contributed by atoms with E-state index in [1.807, 2.05) is 6.92 Å². The third-order valence-corrected chi connectivity index (χ3v) is 1.83. The molecule has 2 nitrogen and oxygen atoms in total. The van der Waals surface area contributed by atoms with Crippen LogP contribution in [0.1, 0.15) is 19.8 Å². The molecule has 0 saturated heterocycles. The van der Waals surface area contributed by atoms with Crippen molar-refractivity contribution >= 4 is 21.9 Å². The van der Waals surface area contributed by atoms with Crippen LogP contribution in [0.5, 0.6) is 0 Å². The standard InChI is InChI=1S/C6H11BrO2/c1-3-4-5(7)6(8)9-2/h5H,3-4H2,1-2H3/t5-/m1/s1. The van der Waals surface area contributed by atoms with Gasteiger partial charge in [-0.25, -0.2) is 0 Å². The summed E-state index contributed by atoms with van der Waals surface area (Å²) >= 11 is 3.19. The molecule has 0 rings (SSSR count). The van der Waals surface area contributed by atoms with E-state index in [0.717, 1.165) is 12.8 Å². The summed E-state index contributed by atoms with van der Waals surface area (Å²) in [5.74, 6) is -0.183. The SMILES string of the molecule is CCC[C@@H](Br)C(=O)OC. The van der Waals surface area contributed by atoms with Gasteiger partial charge in [0.15, 0.2) is 0 Å². The maximum atomic E-state index is 10.6. The molecule has 0 unspecified atom stereocenters. The normalized spacial score (nSPS) is 12.8. The molecule has 0 fully saturated rings. The van der Waals surface area contributed by atoms with Crippen molar-refractivity contribution in [3.05, 3.63) is 0 Å². The number of rotatable bonds is 3. The number of methoxy groups -OCH3 is 1. The minimum absolute atomic E-state index is 0.118. The van der Waals surface area contributed by atoms with E-state index in [9.17, 15) is 4.79 Å². The van der Waals surface area contributed by atoms with Crippen molar-refractivity contribution in [2.24, 2.45) is 0 Å². The van der Waals surface area contributed by atoms with Crippen molar-refractivity contribution in [1.29, 1.82) is 0 Å². The summed E-state index contributed by atoms with van der Waals surface area (Å²) in [5.41, 5.74) is 0. The Morgan fingerprint density at radius 1 is 1.78 bits per heavy atom. The van der Waals surface area contributed by atoms with Crippen LogP contribution in [0.25, 0.3) is 0 Å². The first-order chi connectivity index (χ1) is 4.22. The average Bonchev–Trinajstić information content (AvgIpc) is 1.87. The van der Waals surface area contributed by atoms with Crippen molar-refractivity contribution < 1.29 is 9.53 Å². The number of hydrogen-bond donors (Lipinski definition) is 0. The van der Waals surface area contributed by atoms with E-state index < -0.39 is 0 Å². The van der Waals surface area contributed by atoms with Crippen LogP contribution >= 0.6 is 15.9 Å². The summed E-state index contributed by atoms with van der Waals surface area (Å²) in [6.07, 6.45) is 1.83. The fourth-order valence-electron chi connectivity index (χ4n) is 0.499. The van der Waals surface area contributed by atoms with E-state index in [0.29, 0.717) is 0 Å². The Morgan fingerprint density at radius 3 is 2.67 bits per heavy atom. The maximum absolute atomic E-state index is 10.6. The zero-order valence-electron chi connectivity index (χ0n) is 5.69. The number of carbonyl (C=O) groups excluding carboxylic acids is 1. The van der Waals surface area contributed by atoms with E-state index >= 15 is 0 Å². The van der Waals surface area contributed by atoms with Gasteiger partial charge in [0.2, 0.25) is 0 Å². The first kappa shape index (κ1) is 8.95. The molecule has 0 N–H and O–H groups in total. The molecule has 3 heteroatoms. The van der Waals surface area contributed by atoms with Crippen molar-refractivity contribution in [3.63, 3.8) is 0 Å². The molecule has 0 aliphatic heterocycles. The van der Waals surface area contributed by atoms with Crippen molar-refractivity contribution in [2.45, 2.75) is 24.6 Å². The van der Waals surface area contributed by atoms with Gasteiger partial charge < -0.3 is 4.74 Å². The molecule has 0 aromatic rings. The lowest BCUT2D eigenvalue weighted by atomic mass is 10.2. The first-order valence-corrected chi connectivity index (χ1v) is 3.85. The van der Waals surface area contributed by atoms with Crippen molar-refractivity contribution in [2.75, 3.05) is 7.11 Å². The second-order valence-electron chi connectivity index (χ2n) is 1.78. The van der Waals surface area contributed by atoms with Crippen LogP contribution in [0.4, 0.5) is 0 Å². The van der Waals surface area contributed by atoms with Gasteiger partial charge in [-0.1, -0.05) is 29.3 Å². The second-order valence-corrected chi connectivity index (χ2v) is 2.88. The molecule has 54 valence electrons. The largest absolute Gasteiger partial charge is 0.468 e. The molecule has 0 aromatic heterocycles. The Balaban J connectivity index is 3.45. The van der Waals surface area contributed by atoms with E-state index in [2.05, 4.69) is 20.7 Å². The predicted molar refractivity (Wildman–Crippen MR) is 39.6 cm³/mol. The topological polar surface area (TPSA) is 26.3 Å². The maximum Gasteiger partial charge on any atom is 0.319 e. The Bertz CT molecular complexity index is 93.1. The van der Waals surface area contributed by atoms with Gasteiger partial charge >= 0.3 is 5.97 Å². The highest BCUT2D eigenvalue weighted by atomic mass is 79.9. The summed E-state index contributed by atoms with van der Waals surface area (Å²) in [6, 6.07) is 0. The average molecular weight is 195 g/mol. The molecule has 0 heterocycles.